The summed E-state index contributed by atoms with van der Waals surface area (Å²) in [6.45, 7) is 1.96. The van der Waals surface area contributed by atoms with E-state index in [0.29, 0.717) is 5.96 Å². The third-order valence-corrected chi connectivity index (χ3v) is 4.86. The maximum atomic E-state index is 13.8. The van der Waals surface area contributed by atoms with E-state index >= 15 is 0 Å². The molecule has 0 radical (unpaired) electrons. The first-order valence-corrected chi connectivity index (χ1v) is 9.39. The van der Waals surface area contributed by atoms with Gasteiger partial charge in [-0.1, -0.05) is 6.07 Å². The summed E-state index contributed by atoms with van der Waals surface area (Å²) in [6, 6.07) is 11.7. The highest BCUT2D eigenvalue weighted by Crippen LogP contribution is 2.24. The van der Waals surface area contributed by atoms with Crippen molar-refractivity contribution in [2.75, 3.05) is 32.1 Å². The Labute approximate surface area is 164 Å². The fourth-order valence-electron chi connectivity index (χ4n) is 3.38. The minimum atomic E-state index is -0.456. The smallest absolute Gasteiger partial charge is 0.191 e. The number of nitrogens with zero attached hydrogens (tertiary/aromatic N) is 2. The van der Waals surface area contributed by atoms with Crippen LogP contribution in [-0.4, -0.2) is 39.2 Å². The lowest BCUT2D eigenvalue weighted by Crippen LogP contribution is -2.51. The minimum Gasteiger partial charge on any atom is -0.497 e. The Morgan fingerprint density at radius 1 is 1.25 bits per heavy atom. The Bertz CT molecular complexity index is 828. The molecule has 2 aromatic rings. The van der Waals surface area contributed by atoms with Gasteiger partial charge in [0.25, 0.3) is 0 Å². The number of rotatable bonds is 5. The maximum absolute atomic E-state index is 13.8. The Balaban J connectivity index is 1.59. The summed E-state index contributed by atoms with van der Waals surface area (Å²) in [5.74, 6) is 0.511. The standard InChI is InChI=1S/C21H26F2N4O/c1-24-21(25-13-15-11-16(22)8-9-20(15)23)26-17-5-4-10-27(14-17)18-6-3-7-19(12-18)28-2/h3,6-9,11-12,17H,4-5,10,13-14H2,1-2H3,(H2,24,25,26). The van der Waals surface area contributed by atoms with E-state index in [0.717, 1.165) is 49.5 Å². The highest BCUT2D eigenvalue weighted by Gasteiger charge is 2.21. The van der Waals surface area contributed by atoms with Crippen molar-refractivity contribution in [2.24, 2.45) is 4.99 Å². The van der Waals surface area contributed by atoms with Gasteiger partial charge in [-0.25, -0.2) is 8.78 Å². The second kappa shape index (κ2) is 9.39. The molecule has 3 rings (SSSR count). The van der Waals surface area contributed by atoms with E-state index in [9.17, 15) is 8.78 Å². The second-order valence-corrected chi connectivity index (χ2v) is 6.79. The van der Waals surface area contributed by atoms with Crippen LogP contribution >= 0.6 is 0 Å². The van der Waals surface area contributed by atoms with Crippen molar-refractivity contribution in [1.82, 2.24) is 10.6 Å². The first-order chi connectivity index (χ1) is 13.6. The maximum Gasteiger partial charge on any atom is 0.191 e. The van der Waals surface area contributed by atoms with Crippen molar-refractivity contribution in [2.45, 2.75) is 25.4 Å². The molecule has 1 fully saturated rings. The molecular formula is C21H26F2N4O. The lowest BCUT2D eigenvalue weighted by atomic mass is 10.0. The van der Waals surface area contributed by atoms with Crippen molar-refractivity contribution < 1.29 is 13.5 Å². The van der Waals surface area contributed by atoms with Gasteiger partial charge in [0.2, 0.25) is 0 Å². The molecule has 2 aromatic carbocycles. The number of guanidine groups is 1. The fraction of sp³-hybridized carbons (Fsp3) is 0.381. The number of benzene rings is 2. The van der Waals surface area contributed by atoms with Crippen LogP contribution in [0.15, 0.2) is 47.5 Å². The van der Waals surface area contributed by atoms with Crippen LogP contribution in [0.4, 0.5) is 14.5 Å². The molecular weight excluding hydrogens is 362 g/mol. The van der Waals surface area contributed by atoms with Crippen molar-refractivity contribution in [1.29, 1.82) is 0 Å². The first kappa shape index (κ1) is 19.9. The van der Waals surface area contributed by atoms with Crippen LogP contribution in [0.25, 0.3) is 0 Å². The molecule has 1 saturated heterocycles. The predicted molar refractivity (Wildman–Crippen MR) is 108 cm³/mol. The largest absolute Gasteiger partial charge is 0.497 e. The third-order valence-electron chi connectivity index (χ3n) is 4.86. The highest BCUT2D eigenvalue weighted by molar-refractivity contribution is 5.80. The topological polar surface area (TPSA) is 48.9 Å². The van der Waals surface area contributed by atoms with Gasteiger partial charge in [0, 0.05) is 50.0 Å². The molecule has 0 aliphatic carbocycles. The Kier molecular flexibility index (Phi) is 6.68. The SMILES string of the molecule is CN=C(NCc1cc(F)ccc1F)NC1CCCN(c2cccc(OC)c2)C1. The van der Waals surface area contributed by atoms with Crippen molar-refractivity contribution in [3.63, 3.8) is 0 Å². The highest BCUT2D eigenvalue weighted by atomic mass is 19.1. The fourth-order valence-corrected chi connectivity index (χ4v) is 3.38. The molecule has 150 valence electrons. The zero-order valence-electron chi connectivity index (χ0n) is 16.2. The van der Waals surface area contributed by atoms with Crippen LogP contribution in [0, 0.1) is 11.6 Å². The van der Waals surface area contributed by atoms with Crippen LogP contribution < -0.4 is 20.3 Å². The van der Waals surface area contributed by atoms with E-state index in [4.69, 9.17) is 4.74 Å². The van der Waals surface area contributed by atoms with Gasteiger partial charge in [-0.2, -0.15) is 0 Å². The van der Waals surface area contributed by atoms with Crippen molar-refractivity contribution in [3.05, 3.63) is 59.7 Å². The summed E-state index contributed by atoms with van der Waals surface area (Å²) in [4.78, 5) is 6.52. The first-order valence-electron chi connectivity index (χ1n) is 9.39. The molecule has 1 aliphatic rings. The van der Waals surface area contributed by atoms with E-state index in [1.807, 2.05) is 18.2 Å². The van der Waals surface area contributed by atoms with E-state index in [1.165, 1.54) is 6.07 Å². The monoisotopic (exact) mass is 388 g/mol. The van der Waals surface area contributed by atoms with Gasteiger partial charge >= 0.3 is 0 Å². The van der Waals surface area contributed by atoms with Crippen LogP contribution in [0.3, 0.4) is 0 Å². The van der Waals surface area contributed by atoms with E-state index in [2.05, 4.69) is 26.6 Å². The minimum absolute atomic E-state index is 0.162. The zero-order valence-corrected chi connectivity index (χ0v) is 16.2. The van der Waals surface area contributed by atoms with Gasteiger partial charge in [0.05, 0.1) is 7.11 Å². The number of ether oxygens (including phenoxy) is 1. The summed E-state index contributed by atoms with van der Waals surface area (Å²) in [5, 5.41) is 6.46. The molecule has 0 aromatic heterocycles. The van der Waals surface area contributed by atoms with Crippen LogP contribution in [0.2, 0.25) is 0 Å². The van der Waals surface area contributed by atoms with Gasteiger partial charge in [-0.05, 0) is 43.2 Å². The Morgan fingerprint density at radius 3 is 2.89 bits per heavy atom. The predicted octanol–water partition coefficient (Wildman–Crippen LogP) is 3.31. The number of halogens is 2. The van der Waals surface area contributed by atoms with Gasteiger partial charge in [-0.3, -0.25) is 4.99 Å². The van der Waals surface area contributed by atoms with Crippen molar-refractivity contribution in [3.8, 4) is 5.75 Å². The Morgan fingerprint density at radius 2 is 2.11 bits per heavy atom. The molecule has 1 heterocycles. The van der Waals surface area contributed by atoms with Gasteiger partial charge in [-0.15, -0.1) is 0 Å². The molecule has 0 bridgehead atoms. The Hall–Kier alpha value is -2.83. The second-order valence-electron chi connectivity index (χ2n) is 6.79. The number of hydrogen-bond acceptors (Lipinski definition) is 3. The summed E-state index contributed by atoms with van der Waals surface area (Å²) >= 11 is 0. The van der Waals surface area contributed by atoms with Gasteiger partial charge < -0.3 is 20.3 Å². The number of aliphatic imine (C=N–C) groups is 1. The molecule has 28 heavy (non-hydrogen) atoms. The average Bonchev–Trinajstić information content (AvgIpc) is 2.73. The normalized spacial score (nSPS) is 17.4. The molecule has 1 unspecified atom stereocenters. The van der Waals surface area contributed by atoms with Crippen LogP contribution in [-0.2, 0) is 6.54 Å². The molecule has 0 saturated carbocycles. The van der Waals surface area contributed by atoms with Gasteiger partial charge in [0.1, 0.15) is 17.4 Å². The number of nitrogens with one attached hydrogen (secondary N) is 2. The van der Waals surface area contributed by atoms with E-state index in [-0.39, 0.29) is 18.2 Å². The molecule has 1 aliphatic heterocycles. The number of methoxy groups -OCH3 is 1. The number of hydrogen-bond donors (Lipinski definition) is 2. The molecule has 0 spiro atoms. The molecule has 7 heteroatoms. The molecule has 0 amide bonds. The number of anilines is 1. The quantitative estimate of drug-likeness (QED) is 0.610. The summed E-state index contributed by atoms with van der Waals surface area (Å²) < 4.78 is 32.4. The third kappa shape index (κ3) is 5.12. The van der Waals surface area contributed by atoms with E-state index in [1.54, 1.807) is 14.2 Å². The van der Waals surface area contributed by atoms with E-state index < -0.39 is 11.6 Å². The van der Waals surface area contributed by atoms with Crippen LogP contribution in [0.5, 0.6) is 5.75 Å². The van der Waals surface area contributed by atoms with Gasteiger partial charge in [0.15, 0.2) is 5.96 Å². The average molecular weight is 388 g/mol. The number of piperidine rings is 1. The van der Waals surface area contributed by atoms with Crippen LogP contribution in [0.1, 0.15) is 18.4 Å². The lowest BCUT2D eigenvalue weighted by molar-refractivity contribution is 0.414. The molecule has 5 nitrogen and oxygen atoms in total. The molecule has 2 N–H and O–H groups in total. The summed E-state index contributed by atoms with van der Waals surface area (Å²) in [5.41, 5.74) is 1.39. The zero-order chi connectivity index (χ0) is 19.9. The molecule has 1 atom stereocenters. The van der Waals surface area contributed by atoms with Crippen molar-refractivity contribution >= 4 is 11.6 Å². The summed E-state index contributed by atoms with van der Waals surface area (Å²) in [6.07, 6.45) is 2.06. The lowest BCUT2D eigenvalue weighted by Gasteiger charge is -2.35. The summed E-state index contributed by atoms with van der Waals surface area (Å²) in [7, 11) is 3.33.